The van der Waals surface area contributed by atoms with Crippen LogP contribution in [0.25, 0.3) is 11.1 Å². The Hall–Kier alpha value is -2.69. The quantitative estimate of drug-likeness (QED) is 0.195. The second-order valence-corrected chi connectivity index (χ2v) is 15.2. The predicted octanol–water partition coefficient (Wildman–Crippen LogP) is 11.8. The van der Waals surface area contributed by atoms with Gasteiger partial charge in [0.2, 0.25) is 0 Å². The van der Waals surface area contributed by atoms with Crippen molar-refractivity contribution < 1.29 is 27.4 Å². The van der Waals surface area contributed by atoms with E-state index in [9.17, 15) is 9.50 Å². The molecule has 45 heavy (non-hydrogen) atoms. The Morgan fingerprint density at radius 2 is 1.38 bits per heavy atom. The molecular formula is C37H37BrCl2FN2OW-. The van der Waals surface area contributed by atoms with Gasteiger partial charge in [-0.15, -0.1) is 0 Å². The van der Waals surface area contributed by atoms with Crippen LogP contribution in [0.15, 0.2) is 92.9 Å². The van der Waals surface area contributed by atoms with Crippen LogP contribution < -0.4 is 4.98 Å². The number of rotatable bonds is 4. The second-order valence-electron chi connectivity index (χ2n) is 11.3. The van der Waals surface area contributed by atoms with Crippen molar-refractivity contribution in [2.45, 2.75) is 53.9 Å². The maximum atomic E-state index is 13.5. The summed E-state index contributed by atoms with van der Waals surface area (Å²) in [6, 6.07) is 26.7. The molecular weight excluding hydrogens is 842 g/mol. The summed E-state index contributed by atoms with van der Waals surface area (Å²) < 4.78 is 20.9. The third-order valence-electron chi connectivity index (χ3n) is 6.84. The molecule has 0 aliphatic carbocycles. The topological polar surface area (TPSA) is 46.7 Å². The van der Waals surface area contributed by atoms with Crippen LogP contribution in [-0.2, 0) is 23.3 Å². The maximum absolute atomic E-state index is 13.5. The monoisotopic (exact) mass is 877 g/mol. The fraction of sp³-hybridized carbons (Fsp3) is 0.216. The van der Waals surface area contributed by atoms with E-state index in [-0.39, 0.29) is 17.0 Å². The molecule has 3 nitrogen and oxygen atoms in total. The summed E-state index contributed by atoms with van der Waals surface area (Å²) in [5.41, 5.74) is 8.92. The number of benzene rings is 4. The zero-order valence-electron chi connectivity index (χ0n) is 26.4. The van der Waals surface area contributed by atoms with Crippen molar-refractivity contribution in [1.29, 1.82) is 0 Å². The van der Waals surface area contributed by atoms with Crippen LogP contribution in [0.2, 0.25) is 10.0 Å². The van der Waals surface area contributed by atoms with Crippen LogP contribution in [0.3, 0.4) is 0 Å². The third kappa shape index (κ3) is 10.7. The van der Waals surface area contributed by atoms with Crippen molar-refractivity contribution in [3.63, 3.8) is 0 Å². The van der Waals surface area contributed by atoms with Gasteiger partial charge in [-0.25, -0.2) is 4.39 Å². The molecule has 8 heteroatoms. The average molecular weight is 879 g/mol. The zero-order valence-corrected chi connectivity index (χ0v) is 32.5. The van der Waals surface area contributed by atoms with E-state index in [1.54, 1.807) is 0 Å². The van der Waals surface area contributed by atoms with Gasteiger partial charge in [-0.2, -0.15) is 11.4 Å². The molecule has 0 spiro atoms. The molecule has 0 saturated heterocycles. The number of hydrogen-bond donors (Lipinski definition) is 1. The van der Waals surface area contributed by atoms with Gasteiger partial charge >= 0.3 is 138 Å². The molecule has 0 atom stereocenters. The van der Waals surface area contributed by atoms with E-state index < -0.39 is 17.9 Å². The average Bonchev–Trinajstić information content (AvgIpc) is 3.35. The molecule has 4 aromatic carbocycles. The van der Waals surface area contributed by atoms with Crippen molar-refractivity contribution in [1.82, 2.24) is 4.98 Å². The van der Waals surface area contributed by atoms with Crippen molar-refractivity contribution in [2.24, 2.45) is 3.50 Å². The van der Waals surface area contributed by atoms with Crippen LogP contribution in [0, 0.1) is 40.4 Å². The van der Waals surface area contributed by atoms with Crippen LogP contribution in [0.5, 0.6) is 5.75 Å². The molecule has 0 unspecified atom stereocenters. The summed E-state index contributed by atoms with van der Waals surface area (Å²) in [5.74, 6) is -0.291. The third-order valence-corrected chi connectivity index (χ3v) is 11.6. The molecule has 0 fully saturated rings. The Bertz CT molecular complexity index is 1770. The van der Waals surface area contributed by atoms with Crippen molar-refractivity contribution in [3.05, 3.63) is 139 Å². The normalized spacial score (nSPS) is 10.6. The first-order valence-electron chi connectivity index (χ1n) is 14.2. The summed E-state index contributed by atoms with van der Waals surface area (Å²) in [6.45, 7) is 14.4. The van der Waals surface area contributed by atoms with Crippen molar-refractivity contribution >= 4 is 49.2 Å². The van der Waals surface area contributed by atoms with E-state index in [4.69, 9.17) is 23.2 Å². The number of aryl methyl sites for hydroxylation is 5. The molecule has 1 heterocycles. The van der Waals surface area contributed by atoms with Gasteiger partial charge in [0.1, 0.15) is 11.6 Å². The molecule has 0 bridgehead atoms. The first kappa shape index (κ1) is 36.8. The number of aromatic hydroxyl groups is 1. The Labute approximate surface area is 292 Å². The first-order chi connectivity index (χ1) is 21.2. The predicted molar refractivity (Wildman–Crippen MR) is 189 cm³/mol. The van der Waals surface area contributed by atoms with Crippen LogP contribution >= 0.6 is 39.1 Å². The maximum Gasteiger partial charge on any atom is 0.137 e. The van der Waals surface area contributed by atoms with Crippen LogP contribution in [0.4, 0.5) is 10.1 Å². The summed E-state index contributed by atoms with van der Waals surface area (Å²) in [5, 5.41) is 11.3. The molecule has 1 aromatic heterocycles. The van der Waals surface area contributed by atoms with Gasteiger partial charge in [0.25, 0.3) is 0 Å². The van der Waals surface area contributed by atoms with Gasteiger partial charge in [-0.05, 0) is 65.5 Å². The molecule has 0 amide bonds. The minimum atomic E-state index is -1.01. The smallest absolute Gasteiger partial charge is 0.137 e. The Kier molecular flexibility index (Phi) is 13.7. The SMILES string of the molecule is CC(C)([CH]=[W]=[N]c1c(Cl)cccc1Cl)c1ccccc1.Cc1cc(C)c(-c2cc(F)cc(Br)c2O)c(C)c1.Cc1ccc(C)[n-]1. The molecule has 5 rings (SSSR count). The molecule has 0 radical (unpaired) electrons. The number of hydrogen-bond acceptors (Lipinski definition) is 2. The fourth-order valence-electron chi connectivity index (χ4n) is 4.68. The Balaban J connectivity index is 0.000000203. The van der Waals surface area contributed by atoms with E-state index in [2.05, 4.69) is 66.9 Å². The van der Waals surface area contributed by atoms with Crippen molar-refractivity contribution in [3.8, 4) is 16.9 Å². The van der Waals surface area contributed by atoms with E-state index in [0.29, 0.717) is 20.1 Å². The van der Waals surface area contributed by atoms with Crippen LogP contribution in [-0.4, -0.2) is 9.51 Å². The summed E-state index contributed by atoms with van der Waals surface area (Å²) in [4.78, 5) is 4.11. The summed E-state index contributed by atoms with van der Waals surface area (Å²) >= 11 is 14.4. The largest absolute Gasteiger partial charge is 0.665 e. The van der Waals surface area contributed by atoms with Gasteiger partial charge in [0.15, 0.2) is 0 Å². The number of phenols is 1. The van der Waals surface area contributed by atoms with E-state index in [1.165, 1.54) is 17.7 Å². The van der Waals surface area contributed by atoms with Gasteiger partial charge in [-0.1, -0.05) is 43.7 Å². The first-order valence-corrected chi connectivity index (χ1v) is 18.8. The Morgan fingerprint density at radius 3 is 1.89 bits per heavy atom. The standard InChI is InChI=1S/C15H14BrFO.C10H12.C6H3Cl2N.C6H8N.W/c1-8-4-9(2)14(10(3)5-8)12-6-11(17)7-13(16)15(12)18;1-10(2,3)9-7-5-4-6-8-9;7-4-2-1-3-5(8)6(4)9;1-5-3-4-6(2)7-5;/h4-7,18H,1-3H3;1,4-8H,2-3H3;1-3H;3-4H,1-2H3;/q;;;-1;. The Morgan fingerprint density at radius 1 is 0.822 bits per heavy atom. The fourth-order valence-corrected chi connectivity index (χ4v) is 8.70. The number of phenolic OH excluding ortho intramolecular Hbond substituents is 1. The number of nitrogens with zero attached hydrogens (tertiary/aromatic N) is 2. The minimum absolute atomic E-state index is 0.0309. The minimum Gasteiger partial charge on any atom is -0.665 e. The van der Waals surface area contributed by atoms with Gasteiger partial charge < -0.3 is 10.1 Å². The number of halogens is 4. The molecule has 5 aromatic rings. The molecule has 0 aliphatic rings. The number of aromatic nitrogens is 1. The van der Waals surface area contributed by atoms with E-state index in [1.807, 2.05) is 83.1 Å². The zero-order chi connectivity index (χ0) is 33.3. The summed E-state index contributed by atoms with van der Waals surface area (Å²) in [7, 11) is 0. The molecule has 1 N–H and O–H groups in total. The molecule has 236 valence electrons. The van der Waals surface area contributed by atoms with Gasteiger partial charge in [0.05, 0.1) is 4.47 Å². The molecule has 0 saturated carbocycles. The van der Waals surface area contributed by atoms with Crippen LogP contribution in [0.1, 0.15) is 47.5 Å². The second kappa shape index (κ2) is 16.7. The van der Waals surface area contributed by atoms with E-state index >= 15 is 0 Å². The van der Waals surface area contributed by atoms with Gasteiger partial charge in [0, 0.05) is 5.56 Å². The van der Waals surface area contributed by atoms with Gasteiger partial charge in [-0.3, -0.25) is 0 Å². The molecule has 0 aliphatic heterocycles. The van der Waals surface area contributed by atoms with Crippen molar-refractivity contribution in [2.75, 3.05) is 0 Å². The summed E-state index contributed by atoms with van der Waals surface area (Å²) in [6.07, 6.45) is 0. The van der Waals surface area contributed by atoms with E-state index in [0.717, 1.165) is 39.3 Å².